The molecule has 0 aliphatic heterocycles. The Morgan fingerprint density at radius 1 is 0.900 bits per heavy atom. The molecule has 20 heavy (non-hydrogen) atoms. The SMILES string of the molecule is CCc1ccc(-c2cccc(CN(C)C(C)C)c2)cc1. The predicted molar refractivity (Wildman–Crippen MR) is 87.9 cm³/mol. The lowest BCUT2D eigenvalue weighted by molar-refractivity contribution is 0.266. The molecule has 0 aromatic heterocycles. The van der Waals surface area contributed by atoms with E-state index in [4.69, 9.17) is 0 Å². The molecule has 0 atom stereocenters. The van der Waals surface area contributed by atoms with Crippen molar-refractivity contribution in [1.82, 2.24) is 4.90 Å². The van der Waals surface area contributed by atoms with Crippen LogP contribution in [0.15, 0.2) is 48.5 Å². The first-order valence-electron chi connectivity index (χ1n) is 7.48. The monoisotopic (exact) mass is 267 g/mol. The zero-order chi connectivity index (χ0) is 14.5. The maximum Gasteiger partial charge on any atom is 0.0233 e. The Balaban J connectivity index is 2.20. The highest BCUT2D eigenvalue weighted by atomic mass is 15.1. The summed E-state index contributed by atoms with van der Waals surface area (Å²) in [4.78, 5) is 2.36. The van der Waals surface area contributed by atoms with Crippen LogP contribution < -0.4 is 0 Å². The van der Waals surface area contributed by atoms with Crippen LogP contribution in [0.5, 0.6) is 0 Å². The van der Waals surface area contributed by atoms with E-state index in [9.17, 15) is 0 Å². The maximum absolute atomic E-state index is 2.36. The van der Waals surface area contributed by atoms with Gasteiger partial charge < -0.3 is 0 Å². The van der Waals surface area contributed by atoms with Crippen LogP contribution >= 0.6 is 0 Å². The number of hydrogen-bond donors (Lipinski definition) is 0. The standard InChI is InChI=1S/C19H25N/c1-5-16-9-11-18(12-10-16)19-8-6-7-17(13-19)14-20(4)15(2)3/h6-13,15H,5,14H2,1-4H3. The molecule has 1 heteroatoms. The summed E-state index contributed by atoms with van der Waals surface area (Å²) in [5.41, 5.74) is 5.38. The summed E-state index contributed by atoms with van der Waals surface area (Å²) >= 11 is 0. The van der Waals surface area contributed by atoms with Gasteiger partial charge in [-0.25, -0.2) is 0 Å². The molecule has 106 valence electrons. The van der Waals surface area contributed by atoms with Gasteiger partial charge in [-0.1, -0.05) is 49.4 Å². The molecule has 0 amide bonds. The zero-order valence-corrected chi connectivity index (χ0v) is 13.1. The molecule has 0 radical (unpaired) electrons. The Morgan fingerprint density at radius 2 is 1.60 bits per heavy atom. The van der Waals surface area contributed by atoms with E-state index in [0.29, 0.717) is 6.04 Å². The molecule has 1 nitrogen and oxygen atoms in total. The molecule has 2 rings (SSSR count). The van der Waals surface area contributed by atoms with Crippen LogP contribution in [0.2, 0.25) is 0 Å². The second-order valence-corrected chi connectivity index (χ2v) is 5.76. The van der Waals surface area contributed by atoms with E-state index >= 15 is 0 Å². The number of hydrogen-bond acceptors (Lipinski definition) is 1. The molecule has 2 aromatic rings. The average Bonchev–Trinajstić information content (AvgIpc) is 2.47. The quantitative estimate of drug-likeness (QED) is 0.755. The molecule has 0 bridgehead atoms. The van der Waals surface area contributed by atoms with Gasteiger partial charge in [0.2, 0.25) is 0 Å². The van der Waals surface area contributed by atoms with Gasteiger partial charge in [-0.2, -0.15) is 0 Å². The fourth-order valence-electron chi connectivity index (χ4n) is 2.25. The minimum atomic E-state index is 0.572. The molecule has 0 heterocycles. The van der Waals surface area contributed by atoms with Crippen molar-refractivity contribution in [2.24, 2.45) is 0 Å². The third-order valence-electron chi connectivity index (χ3n) is 3.94. The largest absolute Gasteiger partial charge is 0.300 e. The predicted octanol–water partition coefficient (Wildman–Crippen LogP) is 4.76. The van der Waals surface area contributed by atoms with Crippen LogP contribution in [-0.2, 0) is 13.0 Å². The van der Waals surface area contributed by atoms with E-state index in [-0.39, 0.29) is 0 Å². The summed E-state index contributed by atoms with van der Waals surface area (Å²) < 4.78 is 0. The van der Waals surface area contributed by atoms with E-state index in [1.807, 2.05) is 0 Å². The maximum atomic E-state index is 2.36. The van der Waals surface area contributed by atoms with Gasteiger partial charge in [0.1, 0.15) is 0 Å². The summed E-state index contributed by atoms with van der Waals surface area (Å²) in [5.74, 6) is 0. The summed E-state index contributed by atoms with van der Waals surface area (Å²) in [6.45, 7) is 7.65. The molecule has 0 N–H and O–H groups in total. The molecule has 0 spiro atoms. The van der Waals surface area contributed by atoms with Crippen molar-refractivity contribution in [3.8, 4) is 11.1 Å². The molecular formula is C19H25N. The Bertz CT molecular complexity index is 540. The fourth-order valence-corrected chi connectivity index (χ4v) is 2.25. The minimum absolute atomic E-state index is 0.572. The van der Waals surface area contributed by atoms with E-state index in [0.717, 1.165) is 13.0 Å². The van der Waals surface area contributed by atoms with Crippen molar-refractivity contribution in [1.29, 1.82) is 0 Å². The highest BCUT2D eigenvalue weighted by Crippen LogP contribution is 2.22. The van der Waals surface area contributed by atoms with E-state index < -0.39 is 0 Å². The van der Waals surface area contributed by atoms with Crippen LogP contribution in [0.3, 0.4) is 0 Å². The van der Waals surface area contributed by atoms with Crippen LogP contribution in [0.1, 0.15) is 31.9 Å². The number of nitrogens with zero attached hydrogens (tertiary/aromatic N) is 1. The lowest BCUT2D eigenvalue weighted by atomic mass is 10.0. The third-order valence-corrected chi connectivity index (χ3v) is 3.94. The molecule has 0 fully saturated rings. The lowest BCUT2D eigenvalue weighted by Gasteiger charge is -2.21. The van der Waals surface area contributed by atoms with Gasteiger partial charge in [0.25, 0.3) is 0 Å². The molecule has 0 aliphatic rings. The van der Waals surface area contributed by atoms with Gasteiger partial charge in [0, 0.05) is 12.6 Å². The summed E-state index contributed by atoms with van der Waals surface area (Å²) in [6.07, 6.45) is 1.10. The van der Waals surface area contributed by atoms with Crippen LogP contribution in [0.25, 0.3) is 11.1 Å². The molecule has 0 unspecified atom stereocenters. The number of rotatable bonds is 5. The molecule has 0 saturated carbocycles. The first-order chi connectivity index (χ1) is 9.60. The van der Waals surface area contributed by atoms with Crippen LogP contribution in [-0.4, -0.2) is 18.0 Å². The first kappa shape index (κ1) is 14.8. The summed E-state index contributed by atoms with van der Waals surface area (Å²) in [7, 11) is 2.17. The fraction of sp³-hybridized carbons (Fsp3) is 0.368. The Morgan fingerprint density at radius 3 is 2.20 bits per heavy atom. The van der Waals surface area contributed by atoms with Crippen molar-refractivity contribution in [3.05, 3.63) is 59.7 Å². The number of benzene rings is 2. The second kappa shape index (κ2) is 6.71. The van der Waals surface area contributed by atoms with Crippen LogP contribution in [0.4, 0.5) is 0 Å². The highest BCUT2D eigenvalue weighted by Gasteiger charge is 2.05. The summed E-state index contributed by atoms with van der Waals surface area (Å²) in [6, 6.07) is 18.3. The van der Waals surface area contributed by atoms with Crippen molar-refractivity contribution in [2.75, 3.05) is 7.05 Å². The second-order valence-electron chi connectivity index (χ2n) is 5.76. The first-order valence-corrected chi connectivity index (χ1v) is 7.48. The number of aryl methyl sites for hydroxylation is 1. The molecule has 2 aromatic carbocycles. The average molecular weight is 267 g/mol. The van der Waals surface area contributed by atoms with Crippen molar-refractivity contribution < 1.29 is 0 Å². The van der Waals surface area contributed by atoms with Gasteiger partial charge in [-0.3, -0.25) is 4.90 Å². The minimum Gasteiger partial charge on any atom is -0.300 e. The van der Waals surface area contributed by atoms with Crippen molar-refractivity contribution in [3.63, 3.8) is 0 Å². The third kappa shape index (κ3) is 3.71. The Hall–Kier alpha value is -1.60. The van der Waals surface area contributed by atoms with Crippen LogP contribution in [0, 0.1) is 0 Å². The molecule has 0 aliphatic carbocycles. The van der Waals surface area contributed by atoms with E-state index in [2.05, 4.69) is 81.2 Å². The van der Waals surface area contributed by atoms with Crippen molar-refractivity contribution in [2.45, 2.75) is 39.8 Å². The van der Waals surface area contributed by atoms with Gasteiger partial charge in [0.15, 0.2) is 0 Å². The summed E-state index contributed by atoms with van der Waals surface area (Å²) in [5, 5.41) is 0. The van der Waals surface area contributed by atoms with Gasteiger partial charge in [-0.15, -0.1) is 0 Å². The highest BCUT2D eigenvalue weighted by molar-refractivity contribution is 5.64. The zero-order valence-electron chi connectivity index (χ0n) is 13.1. The van der Waals surface area contributed by atoms with E-state index in [1.54, 1.807) is 0 Å². The normalized spacial score (nSPS) is 11.3. The Kier molecular flexibility index (Phi) is 4.97. The molecule has 0 saturated heterocycles. The van der Waals surface area contributed by atoms with E-state index in [1.165, 1.54) is 22.3 Å². The van der Waals surface area contributed by atoms with Gasteiger partial charge in [-0.05, 0) is 55.6 Å². The lowest BCUT2D eigenvalue weighted by Crippen LogP contribution is -2.25. The smallest absolute Gasteiger partial charge is 0.0233 e. The van der Waals surface area contributed by atoms with Gasteiger partial charge >= 0.3 is 0 Å². The van der Waals surface area contributed by atoms with Gasteiger partial charge in [0.05, 0.1) is 0 Å². The Labute approximate surface area is 123 Å². The molecular weight excluding hydrogens is 242 g/mol. The van der Waals surface area contributed by atoms with Crippen molar-refractivity contribution >= 4 is 0 Å². The topological polar surface area (TPSA) is 3.24 Å².